The van der Waals surface area contributed by atoms with Gasteiger partial charge in [-0.05, 0) is 6.42 Å². The Morgan fingerprint density at radius 1 is 1.29 bits per heavy atom. The van der Waals surface area contributed by atoms with Crippen molar-refractivity contribution in [3.63, 3.8) is 0 Å². The number of hydrogen-bond donors (Lipinski definition) is 0. The highest BCUT2D eigenvalue weighted by Gasteiger charge is 2.42. The number of ether oxygens (including phenoxy) is 1. The lowest BCUT2D eigenvalue weighted by Crippen LogP contribution is -2.37. The van der Waals surface area contributed by atoms with Crippen LogP contribution in [0.25, 0.3) is 0 Å². The highest BCUT2D eigenvalue weighted by Crippen LogP contribution is 2.24. The first-order chi connectivity index (χ1) is 7.72. The van der Waals surface area contributed by atoms with Crippen LogP contribution in [-0.4, -0.2) is 30.8 Å². The molecule has 0 rings (SSSR count). The highest BCUT2D eigenvalue weighted by atomic mass is 19.3. The summed E-state index contributed by atoms with van der Waals surface area (Å²) in [6, 6.07) is 0. The zero-order chi connectivity index (χ0) is 13.6. The Labute approximate surface area is 98.3 Å². The zero-order valence-corrected chi connectivity index (χ0v) is 10.2. The summed E-state index contributed by atoms with van der Waals surface area (Å²) in [6.07, 6.45) is -3.98. The summed E-state index contributed by atoms with van der Waals surface area (Å²) in [5.41, 5.74) is 0. The third kappa shape index (κ3) is 5.48. The molecule has 0 saturated heterocycles. The topological polar surface area (TPSA) is 26.3 Å². The van der Waals surface area contributed by atoms with E-state index in [9.17, 15) is 22.4 Å². The Morgan fingerprint density at radius 3 is 2.18 bits per heavy atom. The van der Waals surface area contributed by atoms with Crippen molar-refractivity contribution in [3.05, 3.63) is 0 Å². The van der Waals surface area contributed by atoms with Gasteiger partial charge in [-0.1, -0.05) is 27.2 Å². The molecular formula is C11H18F4O2. The quantitative estimate of drug-likeness (QED) is 0.624. The number of ketones is 1. The average molecular weight is 258 g/mol. The Kier molecular flexibility index (Phi) is 6.67. The molecule has 0 heterocycles. The lowest BCUT2D eigenvalue weighted by molar-refractivity contribution is -0.180. The van der Waals surface area contributed by atoms with Crippen LogP contribution >= 0.6 is 0 Å². The van der Waals surface area contributed by atoms with Crippen LogP contribution in [0.15, 0.2) is 0 Å². The molecule has 6 heteroatoms. The molecule has 1 atom stereocenters. The summed E-state index contributed by atoms with van der Waals surface area (Å²) in [5.74, 6) is -4.91. The standard InChI is InChI=1S/C11H18F4O2/c1-4-5-8(9(16)7(2)3)17-6-11(14,15)10(12)13/h7-8,10H,4-6H2,1-3H3/t8-/m0/s1. The van der Waals surface area contributed by atoms with Gasteiger partial charge >= 0.3 is 12.3 Å². The van der Waals surface area contributed by atoms with Gasteiger partial charge in [-0.2, -0.15) is 8.78 Å². The first-order valence-electron chi connectivity index (χ1n) is 5.53. The van der Waals surface area contributed by atoms with E-state index in [1.54, 1.807) is 20.8 Å². The summed E-state index contributed by atoms with van der Waals surface area (Å²) in [7, 11) is 0. The van der Waals surface area contributed by atoms with Gasteiger partial charge in [0.05, 0.1) is 0 Å². The van der Waals surface area contributed by atoms with E-state index in [0.29, 0.717) is 6.42 Å². The van der Waals surface area contributed by atoms with Gasteiger partial charge in [0.2, 0.25) is 0 Å². The summed E-state index contributed by atoms with van der Waals surface area (Å²) in [6.45, 7) is 3.56. The predicted octanol–water partition coefficient (Wildman–Crippen LogP) is 3.30. The molecule has 0 unspecified atom stereocenters. The van der Waals surface area contributed by atoms with Crippen molar-refractivity contribution in [1.29, 1.82) is 0 Å². The number of hydrogen-bond acceptors (Lipinski definition) is 2. The maximum atomic E-state index is 12.6. The molecule has 0 saturated carbocycles. The van der Waals surface area contributed by atoms with Gasteiger partial charge in [-0.25, -0.2) is 8.78 Å². The summed E-state index contributed by atoms with van der Waals surface area (Å²) in [4.78, 5) is 11.6. The molecule has 0 aromatic rings. The van der Waals surface area contributed by atoms with Crippen LogP contribution in [0, 0.1) is 5.92 Å². The van der Waals surface area contributed by atoms with Crippen LogP contribution in [-0.2, 0) is 9.53 Å². The van der Waals surface area contributed by atoms with E-state index < -0.39 is 25.1 Å². The largest absolute Gasteiger partial charge is 0.364 e. The SMILES string of the molecule is CCC[C@H](OCC(F)(F)C(F)F)C(=O)C(C)C. The summed E-state index contributed by atoms with van der Waals surface area (Å²) >= 11 is 0. The van der Waals surface area contributed by atoms with Gasteiger partial charge in [0.15, 0.2) is 5.78 Å². The first-order valence-corrected chi connectivity index (χ1v) is 5.53. The minimum Gasteiger partial charge on any atom is -0.364 e. The zero-order valence-electron chi connectivity index (χ0n) is 10.2. The van der Waals surface area contributed by atoms with Crippen LogP contribution in [0.2, 0.25) is 0 Å². The molecule has 0 bridgehead atoms. The van der Waals surface area contributed by atoms with Crippen LogP contribution in [0.5, 0.6) is 0 Å². The second kappa shape index (κ2) is 6.93. The van der Waals surface area contributed by atoms with E-state index in [-0.39, 0.29) is 18.1 Å². The number of alkyl halides is 4. The first kappa shape index (κ1) is 16.4. The van der Waals surface area contributed by atoms with Crippen LogP contribution in [0.1, 0.15) is 33.6 Å². The predicted molar refractivity (Wildman–Crippen MR) is 55.4 cm³/mol. The van der Waals surface area contributed by atoms with E-state index >= 15 is 0 Å². The van der Waals surface area contributed by atoms with E-state index in [4.69, 9.17) is 0 Å². The fourth-order valence-corrected chi connectivity index (χ4v) is 1.22. The van der Waals surface area contributed by atoms with E-state index in [0.717, 1.165) is 0 Å². The van der Waals surface area contributed by atoms with Crippen LogP contribution in [0.3, 0.4) is 0 Å². The van der Waals surface area contributed by atoms with Crippen LogP contribution < -0.4 is 0 Å². The minimum atomic E-state index is -4.21. The number of carbonyl (C=O) groups is 1. The molecule has 17 heavy (non-hydrogen) atoms. The van der Waals surface area contributed by atoms with Gasteiger partial charge < -0.3 is 4.74 Å². The number of halogens is 4. The molecule has 0 fully saturated rings. The maximum absolute atomic E-state index is 12.6. The Hall–Kier alpha value is -0.650. The van der Waals surface area contributed by atoms with Crippen molar-refractivity contribution in [2.45, 2.75) is 52.1 Å². The van der Waals surface area contributed by atoms with Gasteiger partial charge in [0.25, 0.3) is 0 Å². The molecule has 0 amide bonds. The molecular weight excluding hydrogens is 240 g/mol. The molecule has 2 nitrogen and oxygen atoms in total. The van der Waals surface area contributed by atoms with E-state index in [2.05, 4.69) is 4.74 Å². The molecule has 0 aliphatic rings. The van der Waals surface area contributed by atoms with Crippen molar-refractivity contribution >= 4 is 5.78 Å². The lowest BCUT2D eigenvalue weighted by Gasteiger charge is -2.21. The number of rotatable bonds is 8. The fourth-order valence-electron chi connectivity index (χ4n) is 1.22. The lowest BCUT2D eigenvalue weighted by atomic mass is 10.0. The van der Waals surface area contributed by atoms with Crippen molar-refractivity contribution in [3.8, 4) is 0 Å². The monoisotopic (exact) mass is 258 g/mol. The Bertz CT molecular complexity index is 242. The Morgan fingerprint density at radius 2 is 1.82 bits per heavy atom. The second-order valence-corrected chi connectivity index (χ2v) is 4.21. The van der Waals surface area contributed by atoms with E-state index in [1.165, 1.54) is 0 Å². The van der Waals surface area contributed by atoms with Crippen LogP contribution in [0.4, 0.5) is 17.6 Å². The molecule has 0 spiro atoms. The van der Waals surface area contributed by atoms with Gasteiger partial charge in [-0.15, -0.1) is 0 Å². The highest BCUT2D eigenvalue weighted by molar-refractivity contribution is 5.84. The van der Waals surface area contributed by atoms with Gasteiger partial charge in [-0.3, -0.25) is 4.79 Å². The smallest absolute Gasteiger partial charge is 0.330 e. The van der Waals surface area contributed by atoms with Crippen molar-refractivity contribution in [1.82, 2.24) is 0 Å². The summed E-state index contributed by atoms with van der Waals surface area (Å²) in [5, 5.41) is 0. The molecule has 102 valence electrons. The maximum Gasteiger partial charge on any atom is 0.330 e. The molecule has 0 aliphatic heterocycles. The molecule has 0 radical (unpaired) electrons. The Balaban J connectivity index is 4.42. The van der Waals surface area contributed by atoms with Crippen molar-refractivity contribution in [2.24, 2.45) is 5.92 Å². The van der Waals surface area contributed by atoms with E-state index in [1.807, 2.05) is 0 Å². The third-order valence-corrected chi connectivity index (χ3v) is 2.23. The number of carbonyl (C=O) groups excluding carboxylic acids is 1. The molecule has 0 aromatic carbocycles. The fraction of sp³-hybridized carbons (Fsp3) is 0.909. The second-order valence-electron chi connectivity index (χ2n) is 4.21. The van der Waals surface area contributed by atoms with Crippen molar-refractivity contribution in [2.75, 3.05) is 6.61 Å². The van der Waals surface area contributed by atoms with Gasteiger partial charge in [0.1, 0.15) is 12.7 Å². The molecule has 0 N–H and O–H groups in total. The normalized spacial score (nSPS) is 14.4. The average Bonchev–Trinajstić information content (AvgIpc) is 2.22. The minimum absolute atomic E-state index is 0.260. The molecule has 0 aliphatic carbocycles. The van der Waals surface area contributed by atoms with Gasteiger partial charge in [0, 0.05) is 5.92 Å². The number of Topliss-reactive ketones (excluding diaryl/α,β-unsaturated/α-hetero) is 1. The molecule has 0 aromatic heterocycles. The summed E-state index contributed by atoms with van der Waals surface area (Å²) < 4.78 is 53.7. The third-order valence-electron chi connectivity index (χ3n) is 2.23. The van der Waals surface area contributed by atoms with Crippen molar-refractivity contribution < 1.29 is 27.1 Å².